The minimum absolute atomic E-state index is 0. The van der Waals surface area contributed by atoms with Crippen LogP contribution in [0.25, 0.3) is 0 Å². The van der Waals surface area contributed by atoms with Crippen LogP contribution in [0.15, 0.2) is 53.5 Å². The zero-order chi connectivity index (χ0) is 13.0. The summed E-state index contributed by atoms with van der Waals surface area (Å²) in [5, 5.41) is 10.6. The Morgan fingerprint density at radius 3 is 2.11 bits per heavy atom. The number of rotatable bonds is 3. The van der Waals surface area contributed by atoms with Gasteiger partial charge in [-0.1, -0.05) is 0 Å². The molecule has 0 unspecified atom stereocenters. The molecule has 0 fully saturated rings. The van der Waals surface area contributed by atoms with E-state index in [1.54, 1.807) is 19.2 Å². The number of hydrogen-bond donors (Lipinski definition) is 0. The van der Waals surface area contributed by atoms with Gasteiger partial charge in [-0.15, -0.1) is 5.56 Å². The summed E-state index contributed by atoms with van der Waals surface area (Å²) in [7, 11) is 1.70. The molecular weight excluding hydrogens is 412 g/mol. The first-order valence-electron chi connectivity index (χ1n) is 5.40. The molecule has 0 aliphatic rings. The van der Waals surface area contributed by atoms with Crippen LogP contribution in [-0.2, 0) is 21.1 Å². The zero-order valence-corrected chi connectivity index (χ0v) is 13.2. The predicted molar refractivity (Wildman–Crippen MR) is 69.9 cm³/mol. The van der Waals surface area contributed by atoms with Crippen LogP contribution in [0.3, 0.4) is 0 Å². The summed E-state index contributed by atoms with van der Waals surface area (Å²) in [4.78, 5) is 14.4. The molecule has 0 aliphatic heterocycles. The summed E-state index contributed by atoms with van der Waals surface area (Å²) in [5.74, 6) is 0. The summed E-state index contributed by atoms with van der Waals surface area (Å²) in [6, 6.07) is 16.8. The average molecular weight is 423 g/mol. The second-order valence-corrected chi connectivity index (χ2v) is 3.66. The molecule has 96 valence electrons. The molecule has 0 atom stereocenters. The van der Waals surface area contributed by atoms with Gasteiger partial charge in [0.15, 0.2) is 0 Å². The molecule has 0 bridgehead atoms. The van der Waals surface area contributed by atoms with Crippen LogP contribution in [0.5, 0.6) is 0 Å². The molecule has 0 heterocycles. The molecule has 0 saturated carbocycles. The van der Waals surface area contributed by atoms with Gasteiger partial charge in [-0.3, -0.25) is 15.1 Å². The normalized spacial score (nSPS) is 10.7. The van der Waals surface area contributed by atoms with Crippen molar-refractivity contribution in [3.8, 4) is 0 Å². The fourth-order valence-corrected chi connectivity index (χ4v) is 1.71. The molecule has 0 spiro atoms. The average Bonchev–Trinajstić information content (AvgIpc) is 2.41. The second kappa shape index (κ2) is 6.95. The maximum atomic E-state index is 10.6. The fourth-order valence-electron chi connectivity index (χ4n) is 1.71. The van der Waals surface area contributed by atoms with Crippen LogP contribution < -0.4 is 0 Å². The van der Waals surface area contributed by atoms with Crippen molar-refractivity contribution in [2.75, 3.05) is 7.05 Å². The van der Waals surface area contributed by atoms with Gasteiger partial charge in [-0.2, -0.15) is 30.3 Å². The Morgan fingerprint density at radius 1 is 1.11 bits per heavy atom. The van der Waals surface area contributed by atoms with Gasteiger partial charge in [0.2, 0.25) is 0 Å². The van der Waals surface area contributed by atoms with E-state index in [-0.39, 0.29) is 26.8 Å². The molecule has 0 aromatic heterocycles. The van der Waals surface area contributed by atoms with E-state index in [0.717, 1.165) is 16.8 Å². The van der Waals surface area contributed by atoms with E-state index in [9.17, 15) is 10.1 Å². The maximum Gasteiger partial charge on any atom is 0.269 e. The van der Waals surface area contributed by atoms with E-state index in [1.165, 1.54) is 12.1 Å². The number of non-ortho nitro benzene ring substituents is 1. The van der Waals surface area contributed by atoms with Gasteiger partial charge in [0, 0.05) is 46.0 Å². The Kier molecular flexibility index (Phi) is 5.58. The third-order valence-electron chi connectivity index (χ3n) is 2.57. The van der Waals surface area contributed by atoms with Crippen LogP contribution in [0, 0.1) is 16.2 Å². The third kappa shape index (κ3) is 3.58. The Morgan fingerprint density at radius 2 is 1.63 bits per heavy atom. The standard InChI is InChI=1S/C14H11N2O2.W/c1-15-14(11-5-3-2-4-6-11)12-7-9-13(10-8-12)16(17)18;/h3-10H,1H3;/q-1;. The quantitative estimate of drug-likeness (QED) is 0.330. The van der Waals surface area contributed by atoms with Crippen molar-refractivity contribution in [1.29, 1.82) is 0 Å². The van der Waals surface area contributed by atoms with Crippen molar-refractivity contribution in [2.24, 2.45) is 4.99 Å². The molecule has 0 radical (unpaired) electrons. The summed E-state index contributed by atoms with van der Waals surface area (Å²) in [6.45, 7) is 0. The van der Waals surface area contributed by atoms with E-state index < -0.39 is 4.92 Å². The van der Waals surface area contributed by atoms with E-state index in [1.807, 2.05) is 24.3 Å². The monoisotopic (exact) mass is 423 g/mol. The fraction of sp³-hybridized carbons (Fsp3) is 0.0714. The van der Waals surface area contributed by atoms with Gasteiger partial charge < -0.3 is 0 Å². The Hall–Kier alpha value is -1.80. The summed E-state index contributed by atoms with van der Waals surface area (Å²) >= 11 is 0. The minimum atomic E-state index is -0.413. The summed E-state index contributed by atoms with van der Waals surface area (Å²) in [5.41, 5.74) is 2.70. The van der Waals surface area contributed by atoms with Crippen molar-refractivity contribution in [1.82, 2.24) is 0 Å². The Bertz CT molecular complexity index is 580. The first kappa shape index (κ1) is 15.3. The molecule has 2 aromatic rings. The smallest absolute Gasteiger partial charge is 0.269 e. The molecule has 19 heavy (non-hydrogen) atoms. The molecule has 0 aliphatic carbocycles. The van der Waals surface area contributed by atoms with Gasteiger partial charge in [-0.25, -0.2) is 0 Å². The van der Waals surface area contributed by atoms with Crippen LogP contribution in [-0.4, -0.2) is 17.7 Å². The summed E-state index contributed by atoms with van der Waals surface area (Å²) < 4.78 is 0. The number of hydrogen-bond acceptors (Lipinski definition) is 3. The second-order valence-electron chi connectivity index (χ2n) is 3.66. The van der Waals surface area contributed by atoms with E-state index in [0.29, 0.717) is 0 Å². The zero-order valence-electron chi connectivity index (χ0n) is 10.2. The summed E-state index contributed by atoms with van der Waals surface area (Å²) in [6.07, 6.45) is 0. The van der Waals surface area contributed by atoms with Crippen molar-refractivity contribution >= 4 is 11.4 Å². The van der Waals surface area contributed by atoms with Crippen LogP contribution >= 0.6 is 0 Å². The van der Waals surface area contributed by atoms with E-state index in [4.69, 9.17) is 0 Å². The molecule has 5 heteroatoms. The third-order valence-corrected chi connectivity index (χ3v) is 2.57. The van der Waals surface area contributed by atoms with Gasteiger partial charge in [-0.05, 0) is 17.7 Å². The first-order chi connectivity index (χ1) is 8.72. The Labute approximate surface area is 125 Å². The molecule has 0 saturated heterocycles. The number of nitro groups is 1. The van der Waals surface area contributed by atoms with Gasteiger partial charge in [0.25, 0.3) is 5.69 Å². The number of nitro benzene ring substituents is 1. The van der Waals surface area contributed by atoms with Gasteiger partial charge >= 0.3 is 0 Å². The van der Waals surface area contributed by atoms with Crippen molar-refractivity contribution in [2.45, 2.75) is 0 Å². The van der Waals surface area contributed by atoms with E-state index >= 15 is 0 Å². The van der Waals surface area contributed by atoms with E-state index in [2.05, 4.69) is 11.1 Å². The Balaban J connectivity index is 0.00000180. The van der Waals surface area contributed by atoms with Crippen molar-refractivity contribution in [3.63, 3.8) is 0 Å². The first-order valence-corrected chi connectivity index (χ1v) is 5.40. The predicted octanol–water partition coefficient (Wildman–Crippen LogP) is 2.86. The van der Waals surface area contributed by atoms with Crippen molar-refractivity contribution in [3.05, 3.63) is 75.8 Å². The van der Waals surface area contributed by atoms with Crippen LogP contribution in [0.4, 0.5) is 5.69 Å². The van der Waals surface area contributed by atoms with Crippen LogP contribution in [0.1, 0.15) is 11.1 Å². The molecule has 0 N–H and O–H groups in total. The minimum Gasteiger partial charge on any atom is -0.290 e. The number of benzene rings is 2. The number of nitrogens with zero attached hydrogens (tertiary/aromatic N) is 2. The van der Waals surface area contributed by atoms with Crippen molar-refractivity contribution < 1.29 is 26.0 Å². The maximum absolute atomic E-state index is 10.6. The SMILES string of the molecule is CN=C(c1cc[c-]cc1)c1ccc([N+](=O)[O-])cc1.[W]. The van der Waals surface area contributed by atoms with Crippen LogP contribution in [0.2, 0.25) is 0 Å². The van der Waals surface area contributed by atoms with Gasteiger partial charge in [0.1, 0.15) is 0 Å². The molecule has 2 aromatic carbocycles. The number of aliphatic imine (C=N–C) groups is 1. The van der Waals surface area contributed by atoms with Gasteiger partial charge in [0.05, 0.1) is 4.92 Å². The molecule has 4 nitrogen and oxygen atoms in total. The molecule has 2 rings (SSSR count). The largest absolute Gasteiger partial charge is 0.290 e. The molecular formula is C14H11N2O2W-. The molecule has 0 amide bonds. The topological polar surface area (TPSA) is 55.5 Å².